The third-order valence-corrected chi connectivity index (χ3v) is 4.55. The molecule has 4 nitrogen and oxygen atoms in total. The highest BCUT2D eigenvalue weighted by Crippen LogP contribution is 2.26. The number of anilines is 2. The molecule has 0 atom stereocenters. The lowest BCUT2D eigenvalue weighted by atomic mass is 10.1. The number of nitrogens with zero attached hydrogens (tertiary/aromatic N) is 2. The molecule has 0 spiro atoms. The van der Waals surface area contributed by atoms with Gasteiger partial charge >= 0.3 is 0 Å². The molecular formula is C22H23N3O. The maximum atomic E-state index is 13.0. The molecule has 0 aliphatic carbocycles. The predicted molar refractivity (Wildman–Crippen MR) is 106 cm³/mol. The van der Waals surface area contributed by atoms with E-state index in [4.69, 9.17) is 0 Å². The van der Waals surface area contributed by atoms with Gasteiger partial charge in [0.2, 0.25) is 0 Å². The van der Waals surface area contributed by atoms with Gasteiger partial charge in [-0.3, -0.25) is 9.78 Å². The molecule has 2 aromatic carbocycles. The lowest BCUT2D eigenvalue weighted by molar-refractivity contribution is 0.0786. The average molecular weight is 345 g/mol. The molecule has 0 fully saturated rings. The maximum absolute atomic E-state index is 13.0. The summed E-state index contributed by atoms with van der Waals surface area (Å²) in [5, 5.41) is 3.42. The smallest absolute Gasteiger partial charge is 0.256 e. The van der Waals surface area contributed by atoms with Crippen molar-refractivity contribution >= 4 is 17.3 Å². The Kier molecular flexibility index (Phi) is 5.32. The average Bonchev–Trinajstić information content (AvgIpc) is 2.66. The largest absolute Gasteiger partial charge is 0.355 e. The van der Waals surface area contributed by atoms with Crippen molar-refractivity contribution in [3.8, 4) is 0 Å². The van der Waals surface area contributed by atoms with Crippen molar-refractivity contribution < 1.29 is 4.79 Å². The first-order valence-electron chi connectivity index (χ1n) is 8.63. The first-order chi connectivity index (χ1) is 12.6. The summed E-state index contributed by atoms with van der Waals surface area (Å²) >= 11 is 0. The summed E-state index contributed by atoms with van der Waals surface area (Å²) in [5.74, 6) is -0.0183. The maximum Gasteiger partial charge on any atom is 0.256 e. The number of benzene rings is 2. The Balaban J connectivity index is 1.84. The number of nitrogens with one attached hydrogen (secondary N) is 1. The van der Waals surface area contributed by atoms with E-state index in [1.54, 1.807) is 17.3 Å². The van der Waals surface area contributed by atoms with Crippen molar-refractivity contribution in [2.24, 2.45) is 0 Å². The van der Waals surface area contributed by atoms with Gasteiger partial charge in [-0.15, -0.1) is 0 Å². The molecule has 0 bridgehead atoms. The van der Waals surface area contributed by atoms with Crippen LogP contribution in [0.5, 0.6) is 0 Å². The van der Waals surface area contributed by atoms with Gasteiger partial charge in [0.25, 0.3) is 5.91 Å². The number of hydrogen-bond donors (Lipinski definition) is 1. The molecule has 1 heterocycles. The lowest BCUT2D eigenvalue weighted by Crippen LogP contribution is -2.26. The first-order valence-corrected chi connectivity index (χ1v) is 8.63. The molecule has 0 saturated carbocycles. The Labute approximate surface area is 154 Å². The number of para-hydroxylation sites is 1. The van der Waals surface area contributed by atoms with Crippen molar-refractivity contribution in [3.63, 3.8) is 0 Å². The van der Waals surface area contributed by atoms with E-state index in [-0.39, 0.29) is 5.91 Å². The van der Waals surface area contributed by atoms with E-state index in [0.29, 0.717) is 12.1 Å². The van der Waals surface area contributed by atoms with Crippen LogP contribution in [-0.2, 0) is 6.54 Å². The second-order valence-corrected chi connectivity index (χ2v) is 6.43. The number of pyridine rings is 1. The van der Waals surface area contributed by atoms with Crippen LogP contribution in [0.2, 0.25) is 0 Å². The van der Waals surface area contributed by atoms with Gasteiger partial charge in [0.05, 0.1) is 11.3 Å². The quantitative estimate of drug-likeness (QED) is 0.728. The lowest BCUT2D eigenvalue weighted by Gasteiger charge is -2.20. The van der Waals surface area contributed by atoms with E-state index in [0.717, 1.165) is 16.9 Å². The third kappa shape index (κ3) is 3.91. The Morgan fingerprint density at radius 3 is 2.42 bits per heavy atom. The van der Waals surface area contributed by atoms with Crippen LogP contribution in [0, 0.1) is 13.8 Å². The van der Waals surface area contributed by atoms with Crippen LogP contribution in [0.15, 0.2) is 67.0 Å². The SMILES string of the molecule is Cc1cccc(Nc2ccccc2C(=O)N(C)Cc2ccncc2)c1C. The van der Waals surface area contributed by atoms with E-state index < -0.39 is 0 Å². The molecule has 1 aromatic heterocycles. The van der Waals surface area contributed by atoms with Crippen molar-refractivity contribution in [1.29, 1.82) is 0 Å². The zero-order chi connectivity index (χ0) is 18.5. The molecule has 132 valence electrons. The van der Waals surface area contributed by atoms with Gasteiger partial charge in [-0.1, -0.05) is 24.3 Å². The van der Waals surface area contributed by atoms with Crippen LogP contribution in [0.25, 0.3) is 0 Å². The Hall–Kier alpha value is -3.14. The summed E-state index contributed by atoms with van der Waals surface area (Å²) in [5.41, 5.74) is 5.93. The van der Waals surface area contributed by atoms with Crippen LogP contribution in [-0.4, -0.2) is 22.8 Å². The van der Waals surface area contributed by atoms with E-state index in [2.05, 4.69) is 30.2 Å². The number of carbonyl (C=O) groups is 1. The van der Waals surface area contributed by atoms with E-state index in [1.807, 2.05) is 55.6 Å². The molecule has 0 aliphatic heterocycles. The summed E-state index contributed by atoms with van der Waals surface area (Å²) in [6, 6.07) is 17.6. The zero-order valence-electron chi connectivity index (χ0n) is 15.4. The van der Waals surface area contributed by atoms with Gasteiger partial charge < -0.3 is 10.2 Å². The standard InChI is InChI=1S/C22H23N3O/c1-16-7-6-10-20(17(16)2)24-21-9-5-4-8-19(21)22(26)25(3)15-18-11-13-23-14-12-18/h4-14,24H,15H2,1-3H3. The van der Waals surface area contributed by atoms with Crippen molar-refractivity contribution in [2.75, 3.05) is 12.4 Å². The van der Waals surface area contributed by atoms with Crippen LogP contribution in [0.3, 0.4) is 0 Å². The van der Waals surface area contributed by atoms with E-state index >= 15 is 0 Å². The van der Waals surface area contributed by atoms with Gasteiger partial charge in [-0.05, 0) is 60.9 Å². The molecular weight excluding hydrogens is 322 g/mol. The van der Waals surface area contributed by atoms with Crippen molar-refractivity contribution in [2.45, 2.75) is 20.4 Å². The number of carbonyl (C=O) groups excluding carboxylic acids is 1. The van der Waals surface area contributed by atoms with Gasteiger partial charge in [-0.2, -0.15) is 0 Å². The highest BCUT2D eigenvalue weighted by Gasteiger charge is 2.16. The van der Waals surface area contributed by atoms with Crippen LogP contribution < -0.4 is 5.32 Å². The van der Waals surface area contributed by atoms with Crippen LogP contribution >= 0.6 is 0 Å². The molecule has 1 N–H and O–H groups in total. The minimum absolute atomic E-state index is 0.0183. The van der Waals surface area contributed by atoms with Gasteiger partial charge in [0.1, 0.15) is 0 Å². The molecule has 3 aromatic rings. The second kappa shape index (κ2) is 7.83. The van der Waals surface area contributed by atoms with Crippen LogP contribution in [0.1, 0.15) is 27.0 Å². The summed E-state index contributed by atoms with van der Waals surface area (Å²) < 4.78 is 0. The molecule has 0 unspecified atom stereocenters. The monoisotopic (exact) mass is 345 g/mol. The number of aromatic nitrogens is 1. The second-order valence-electron chi connectivity index (χ2n) is 6.43. The Bertz CT molecular complexity index is 906. The number of aryl methyl sites for hydroxylation is 1. The zero-order valence-corrected chi connectivity index (χ0v) is 15.4. The number of rotatable bonds is 5. The molecule has 0 aliphatic rings. The fourth-order valence-corrected chi connectivity index (χ4v) is 2.85. The fourth-order valence-electron chi connectivity index (χ4n) is 2.85. The van der Waals surface area contributed by atoms with Gasteiger partial charge in [0, 0.05) is 31.7 Å². The number of hydrogen-bond acceptors (Lipinski definition) is 3. The number of amides is 1. The first kappa shape index (κ1) is 17.7. The summed E-state index contributed by atoms with van der Waals surface area (Å²) in [7, 11) is 1.82. The molecule has 1 amide bonds. The summed E-state index contributed by atoms with van der Waals surface area (Å²) in [4.78, 5) is 18.7. The minimum Gasteiger partial charge on any atom is -0.355 e. The van der Waals surface area contributed by atoms with E-state index in [1.165, 1.54) is 11.1 Å². The van der Waals surface area contributed by atoms with Crippen molar-refractivity contribution in [1.82, 2.24) is 9.88 Å². The summed E-state index contributed by atoms with van der Waals surface area (Å²) in [6.45, 7) is 4.71. The van der Waals surface area contributed by atoms with Crippen LogP contribution in [0.4, 0.5) is 11.4 Å². The molecule has 26 heavy (non-hydrogen) atoms. The van der Waals surface area contributed by atoms with E-state index in [9.17, 15) is 4.79 Å². The topological polar surface area (TPSA) is 45.2 Å². The minimum atomic E-state index is -0.0183. The fraction of sp³-hybridized carbons (Fsp3) is 0.182. The predicted octanol–water partition coefficient (Wildman–Crippen LogP) is 4.71. The molecule has 0 radical (unpaired) electrons. The molecule has 3 rings (SSSR count). The van der Waals surface area contributed by atoms with Gasteiger partial charge in [-0.25, -0.2) is 0 Å². The highest BCUT2D eigenvalue weighted by molar-refractivity contribution is 6.00. The molecule has 0 saturated heterocycles. The molecule has 4 heteroatoms. The Morgan fingerprint density at radius 1 is 0.962 bits per heavy atom. The normalized spacial score (nSPS) is 10.4. The summed E-state index contributed by atoms with van der Waals surface area (Å²) in [6.07, 6.45) is 3.48. The Morgan fingerprint density at radius 2 is 1.65 bits per heavy atom. The van der Waals surface area contributed by atoms with Gasteiger partial charge in [0.15, 0.2) is 0 Å². The third-order valence-electron chi connectivity index (χ3n) is 4.55. The highest BCUT2D eigenvalue weighted by atomic mass is 16.2. The van der Waals surface area contributed by atoms with Crippen molar-refractivity contribution in [3.05, 3.63) is 89.2 Å².